The van der Waals surface area contributed by atoms with Crippen LogP contribution in [0.25, 0.3) is 0 Å². The minimum absolute atomic E-state index is 0.887. The zero-order valence-electron chi connectivity index (χ0n) is 15.7. The molecule has 116 valence electrons. The van der Waals surface area contributed by atoms with Gasteiger partial charge in [0.05, 0.1) is 0 Å². The van der Waals surface area contributed by atoms with Crippen molar-refractivity contribution in [2.75, 3.05) is 0 Å². The van der Waals surface area contributed by atoms with Crippen molar-refractivity contribution in [1.82, 2.24) is 3.19 Å². The standard InChI is InChI=1S/C15H39GeNSi2/c1-13(2)16(14(3)4,15(5)6)17(18(7,8)9)19(10,11)12/h13-15H,1-12H3. The van der Waals surface area contributed by atoms with Gasteiger partial charge in [0.15, 0.2) is 0 Å². The van der Waals surface area contributed by atoms with Crippen LogP contribution >= 0.6 is 0 Å². The number of rotatable bonds is 6. The molecule has 19 heavy (non-hydrogen) atoms. The third-order valence-electron chi connectivity index (χ3n) is 4.50. The van der Waals surface area contributed by atoms with Crippen LogP contribution in [0.4, 0.5) is 0 Å². The molecule has 0 aliphatic heterocycles. The SMILES string of the molecule is C[CH](C)[Ge]([CH](C)C)([CH](C)C)[N]([Si](C)(C)C)[Si](C)(C)C. The summed E-state index contributed by atoms with van der Waals surface area (Å²) in [6.45, 7) is 30.6. The van der Waals surface area contributed by atoms with E-state index >= 15 is 0 Å². The van der Waals surface area contributed by atoms with Gasteiger partial charge in [-0.15, -0.1) is 0 Å². The fourth-order valence-electron chi connectivity index (χ4n) is 4.94. The molecular weight excluding hydrogens is 323 g/mol. The molecule has 0 aromatic rings. The Morgan fingerprint density at radius 2 is 0.789 bits per heavy atom. The van der Waals surface area contributed by atoms with E-state index in [2.05, 4.69) is 84.0 Å². The Balaban J connectivity index is 6.21. The first-order valence-electron chi connectivity index (χ1n) is 8.00. The van der Waals surface area contributed by atoms with E-state index in [0.717, 1.165) is 14.3 Å². The van der Waals surface area contributed by atoms with Crippen molar-refractivity contribution in [3.8, 4) is 0 Å². The summed E-state index contributed by atoms with van der Waals surface area (Å²) in [5.74, 6) is 0. The molecule has 0 heterocycles. The van der Waals surface area contributed by atoms with Crippen molar-refractivity contribution < 1.29 is 0 Å². The summed E-state index contributed by atoms with van der Waals surface area (Å²) in [5, 5.41) is 0. The summed E-state index contributed by atoms with van der Waals surface area (Å²) in [7, 11) is -2.53. The van der Waals surface area contributed by atoms with E-state index in [9.17, 15) is 0 Å². The van der Waals surface area contributed by atoms with Gasteiger partial charge in [0.25, 0.3) is 0 Å². The van der Waals surface area contributed by atoms with Gasteiger partial charge in [-0.2, -0.15) is 0 Å². The maximum absolute atomic E-state index is 3.25. The van der Waals surface area contributed by atoms with Crippen LogP contribution in [-0.4, -0.2) is 33.1 Å². The zero-order chi connectivity index (χ0) is 15.8. The Morgan fingerprint density at radius 1 is 0.579 bits per heavy atom. The molecule has 4 heteroatoms. The Hall–Kier alpha value is 0.937. The molecule has 0 aliphatic carbocycles. The number of nitrogens with zero attached hydrogens (tertiary/aromatic N) is 1. The van der Waals surface area contributed by atoms with Crippen LogP contribution in [0.3, 0.4) is 0 Å². The molecule has 0 fully saturated rings. The topological polar surface area (TPSA) is 3.24 Å². The van der Waals surface area contributed by atoms with Crippen molar-refractivity contribution in [1.29, 1.82) is 0 Å². The van der Waals surface area contributed by atoms with Crippen LogP contribution < -0.4 is 0 Å². The predicted octanol–water partition coefficient (Wildman–Crippen LogP) is 6.13. The van der Waals surface area contributed by atoms with Crippen molar-refractivity contribution in [2.24, 2.45) is 0 Å². The minimum atomic E-state index is -2.11. The van der Waals surface area contributed by atoms with Gasteiger partial charge in [-0.25, -0.2) is 0 Å². The first-order valence-corrected chi connectivity index (χ1v) is 19.5. The second-order valence-corrected chi connectivity index (χ2v) is 32.9. The molecule has 0 rings (SSSR count). The summed E-state index contributed by atoms with van der Waals surface area (Å²) in [4.78, 5) is 0. The van der Waals surface area contributed by atoms with Crippen molar-refractivity contribution >= 4 is 30.0 Å². The maximum atomic E-state index is 3.25. The third-order valence-corrected chi connectivity index (χ3v) is 36.9. The molecule has 0 bridgehead atoms. The first kappa shape index (κ1) is 19.9. The quantitative estimate of drug-likeness (QED) is 0.514. The van der Waals surface area contributed by atoms with Crippen molar-refractivity contribution in [2.45, 2.75) is 95.1 Å². The Morgan fingerprint density at radius 3 is 0.842 bits per heavy atom. The van der Waals surface area contributed by atoms with E-state index in [0.29, 0.717) is 0 Å². The zero-order valence-corrected chi connectivity index (χ0v) is 19.8. The van der Waals surface area contributed by atoms with Gasteiger partial charge in [-0.3, -0.25) is 0 Å². The molecule has 0 unspecified atom stereocenters. The van der Waals surface area contributed by atoms with Gasteiger partial charge < -0.3 is 0 Å². The van der Waals surface area contributed by atoms with Gasteiger partial charge >= 0.3 is 128 Å². The van der Waals surface area contributed by atoms with E-state index in [1.165, 1.54) is 0 Å². The van der Waals surface area contributed by atoms with Gasteiger partial charge in [0, 0.05) is 0 Å². The van der Waals surface area contributed by atoms with Crippen molar-refractivity contribution in [3.05, 3.63) is 0 Å². The molecule has 0 radical (unpaired) electrons. The van der Waals surface area contributed by atoms with Crippen LogP contribution in [0.2, 0.25) is 53.5 Å². The average Bonchev–Trinajstić information content (AvgIpc) is 2.07. The molecule has 0 saturated carbocycles. The molecule has 0 aliphatic rings. The number of hydrogen-bond acceptors (Lipinski definition) is 1. The summed E-state index contributed by atoms with van der Waals surface area (Å²) < 4.78 is 5.91. The van der Waals surface area contributed by atoms with Gasteiger partial charge in [0.2, 0.25) is 0 Å². The summed E-state index contributed by atoms with van der Waals surface area (Å²) >= 11 is -2.11. The molecule has 0 amide bonds. The van der Waals surface area contributed by atoms with Crippen LogP contribution in [0.15, 0.2) is 0 Å². The second kappa shape index (κ2) is 6.37. The van der Waals surface area contributed by atoms with Gasteiger partial charge in [-0.1, -0.05) is 0 Å². The third kappa shape index (κ3) is 3.98. The van der Waals surface area contributed by atoms with Gasteiger partial charge in [0.1, 0.15) is 0 Å². The molecule has 0 aromatic heterocycles. The summed E-state index contributed by atoms with van der Waals surface area (Å²) in [6, 6.07) is 0. The molecule has 0 spiro atoms. The summed E-state index contributed by atoms with van der Waals surface area (Å²) in [5.41, 5.74) is 0. The van der Waals surface area contributed by atoms with Crippen LogP contribution in [0.1, 0.15) is 41.5 Å². The Kier molecular flexibility index (Phi) is 6.68. The molecular formula is C15H39GeNSi2. The van der Waals surface area contributed by atoms with E-state index < -0.39 is 30.0 Å². The molecule has 1 nitrogen and oxygen atoms in total. The number of hydrogen-bond donors (Lipinski definition) is 0. The molecule has 0 N–H and O–H groups in total. The summed E-state index contributed by atoms with van der Waals surface area (Å²) in [6.07, 6.45) is 0. The van der Waals surface area contributed by atoms with Crippen molar-refractivity contribution in [3.63, 3.8) is 0 Å². The molecule has 0 aromatic carbocycles. The monoisotopic (exact) mass is 363 g/mol. The van der Waals surface area contributed by atoms with Gasteiger partial charge in [-0.05, 0) is 0 Å². The van der Waals surface area contributed by atoms with E-state index in [1.54, 1.807) is 0 Å². The average molecular weight is 362 g/mol. The fourth-order valence-corrected chi connectivity index (χ4v) is 49.6. The van der Waals surface area contributed by atoms with Crippen LogP contribution in [0, 0.1) is 0 Å². The Bertz CT molecular complexity index is 252. The Labute approximate surface area is 128 Å². The van der Waals surface area contributed by atoms with E-state index in [1.807, 2.05) is 0 Å². The molecule has 0 atom stereocenters. The fraction of sp³-hybridized carbons (Fsp3) is 1.00. The first-order chi connectivity index (χ1) is 8.20. The van der Waals surface area contributed by atoms with E-state index in [4.69, 9.17) is 0 Å². The van der Waals surface area contributed by atoms with E-state index in [-0.39, 0.29) is 0 Å². The predicted molar refractivity (Wildman–Crippen MR) is 99.6 cm³/mol. The normalized spacial score (nSPS) is 15.2. The second-order valence-electron chi connectivity index (χ2n) is 9.03. The van der Waals surface area contributed by atoms with Crippen LogP contribution in [0.5, 0.6) is 0 Å². The molecule has 0 saturated heterocycles. The van der Waals surface area contributed by atoms with Crippen LogP contribution in [-0.2, 0) is 0 Å².